The standard InChI is InChI=1S/C22H21N3O4/c1-25-11-10-23-20(25)12-19(21(26)27)24-22(28)29-13-18-16-8-4-2-6-14(16)15-7-3-5-9-17(15)18/h2-11,18-19H,12-13H2,1H3,(H,24,28)(H,26,27). The Morgan fingerprint density at radius 3 is 2.31 bits per heavy atom. The van der Waals surface area contributed by atoms with Crippen LogP contribution in [0.2, 0.25) is 0 Å². The Labute approximate surface area is 168 Å². The van der Waals surface area contributed by atoms with Crippen molar-refractivity contribution in [3.63, 3.8) is 0 Å². The first-order chi connectivity index (χ1) is 14.0. The second-order valence-electron chi connectivity index (χ2n) is 7.02. The van der Waals surface area contributed by atoms with Gasteiger partial charge < -0.3 is 19.7 Å². The maximum atomic E-state index is 12.3. The normalized spacial score (nSPS) is 13.4. The summed E-state index contributed by atoms with van der Waals surface area (Å²) in [6, 6.07) is 15.0. The van der Waals surface area contributed by atoms with Crippen molar-refractivity contribution < 1.29 is 19.4 Å². The number of carboxylic acid groups (broad SMARTS) is 1. The molecule has 29 heavy (non-hydrogen) atoms. The minimum Gasteiger partial charge on any atom is -0.480 e. The molecule has 0 aliphatic heterocycles. The van der Waals surface area contributed by atoms with Crippen LogP contribution in [-0.2, 0) is 23.0 Å². The quantitative estimate of drug-likeness (QED) is 0.674. The number of hydrogen-bond acceptors (Lipinski definition) is 4. The van der Waals surface area contributed by atoms with Crippen molar-refractivity contribution in [1.29, 1.82) is 0 Å². The first kappa shape index (κ1) is 18.7. The number of carboxylic acids is 1. The zero-order chi connectivity index (χ0) is 20.4. The maximum Gasteiger partial charge on any atom is 0.407 e. The SMILES string of the molecule is Cn1ccnc1CC(NC(=O)OCC1c2ccccc2-c2ccccc21)C(=O)O. The Hall–Kier alpha value is -3.61. The average Bonchev–Trinajstić information content (AvgIpc) is 3.27. The van der Waals surface area contributed by atoms with Crippen molar-refractivity contribution in [3.8, 4) is 11.1 Å². The van der Waals surface area contributed by atoms with Gasteiger partial charge in [0.1, 0.15) is 18.5 Å². The van der Waals surface area contributed by atoms with Gasteiger partial charge in [0.25, 0.3) is 0 Å². The monoisotopic (exact) mass is 391 g/mol. The predicted octanol–water partition coefficient (Wildman–Crippen LogP) is 2.95. The number of aromatic nitrogens is 2. The number of aliphatic carboxylic acids is 1. The third-order valence-electron chi connectivity index (χ3n) is 5.24. The van der Waals surface area contributed by atoms with E-state index in [1.807, 2.05) is 36.4 Å². The number of alkyl carbamates (subject to hydrolysis) is 1. The number of carbonyl (C=O) groups is 2. The number of fused-ring (bicyclic) bond motifs is 3. The van der Waals surface area contributed by atoms with E-state index in [9.17, 15) is 14.7 Å². The molecular formula is C22H21N3O4. The fraction of sp³-hybridized carbons (Fsp3) is 0.227. The summed E-state index contributed by atoms with van der Waals surface area (Å²) >= 11 is 0. The molecule has 1 amide bonds. The van der Waals surface area contributed by atoms with Crippen LogP contribution in [0.3, 0.4) is 0 Å². The molecule has 1 heterocycles. The zero-order valence-electron chi connectivity index (χ0n) is 15.9. The van der Waals surface area contributed by atoms with Crippen LogP contribution >= 0.6 is 0 Å². The van der Waals surface area contributed by atoms with Crippen LogP contribution in [0, 0.1) is 0 Å². The van der Waals surface area contributed by atoms with Gasteiger partial charge in [-0.25, -0.2) is 14.6 Å². The maximum absolute atomic E-state index is 12.3. The highest BCUT2D eigenvalue weighted by Gasteiger charge is 2.30. The van der Waals surface area contributed by atoms with Crippen LogP contribution in [0.25, 0.3) is 11.1 Å². The molecule has 0 bridgehead atoms. The fourth-order valence-corrected chi connectivity index (χ4v) is 3.76. The molecular weight excluding hydrogens is 370 g/mol. The molecule has 1 atom stereocenters. The average molecular weight is 391 g/mol. The van der Waals surface area contributed by atoms with Crippen molar-refractivity contribution in [1.82, 2.24) is 14.9 Å². The van der Waals surface area contributed by atoms with Gasteiger partial charge in [-0.05, 0) is 22.3 Å². The summed E-state index contributed by atoms with van der Waals surface area (Å²) in [7, 11) is 1.77. The summed E-state index contributed by atoms with van der Waals surface area (Å²) in [5, 5.41) is 11.9. The fourth-order valence-electron chi connectivity index (χ4n) is 3.76. The summed E-state index contributed by atoms with van der Waals surface area (Å²) in [6.45, 7) is 0.134. The van der Waals surface area contributed by atoms with Gasteiger partial charge in [-0.3, -0.25) is 0 Å². The molecule has 0 saturated carbocycles. The number of imidazole rings is 1. The van der Waals surface area contributed by atoms with Crippen LogP contribution in [0.1, 0.15) is 22.9 Å². The van der Waals surface area contributed by atoms with Crippen molar-refractivity contribution in [2.75, 3.05) is 6.61 Å². The van der Waals surface area contributed by atoms with Gasteiger partial charge in [0, 0.05) is 31.8 Å². The molecule has 1 aliphatic rings. The van der Waals surface area contributed by atoms with E-state index in [2.05, 4.69) is 22.4 Å². The summed E-state index contributed by atoms with van der Waals surface area (Å²) in [4.78, 5) is 28.0. The van der Waals surface area contributed by atoms with E-state index in [0.29, 0.717) is 5.82 Å². The largest absolute Gasteiger partial charge is 0.480 e. The van der Waals surface area contributed by atoms with Gasteiger partial charge in [0.15, 0.2) is 0 Å². The first-order valence-corrected chi connectivity index (χ1v) is 9.35. The Morgan fingerprint density at radius 2 is 1.76 bits per heavy atom. The lowest BCUT2D eigenvalue weighted by Crippen LogP contribution is -2.43. The first-order valence-electron chi connectivity index (χ1n) is 9.35. The van der Waals surface area contributed by atoms with E-state index in [1.165, 1.54) is 0 Å². The molecule has 3 aromatic rings. The van der Waals surface area contributed by atoms with Crippen molar-refractivity contribution in [2.45, 2.75) is 18.4 Å². The smallest absolute Gasteiger partial charge is 0.407 e. The highest BCUT2D eigenvalue weighted by Crippen LogP contribution is 2.44. The summed E-state index contributed by atoms with van der Waals surface area (Å²) in [6.07, 6.45) is 2.63. The lowest BCUT2D eigenvalue weighted by atomic mass is 9.98. The third-order valence-corrected chi connectivity index (χ3v) is 5.24. The molecule has 0 saturated heterocycles. The van der Waals surface area contributed by atoms with E-state index < -0.39 is 18.1 Å². The molecule has 1 aromatic heterocycles. The molecule has 7 heteroatoms. The zero-order valence-corrected chi connectivity index (χ0v) is 15.9. The van der Waals surface area contributed by atoms with Gasteiger partial charge >= 0.3 is 12.1 Å². The van der Waals surface area contributed by atoms with Gasteiger partial charge in [0.05, 0.1) is 0 Å². The number of nitrogens with zero attached hydrogens (tertiary/aromatic N) is 2. The molecule has 2 aromatic carbocycles. The topological polar surface area (TPSA) is 93.5 Å². The van der Waals surface area contributed by atoms with E-state index >= 15 is 0 Å². The number of nitrogens with one attached hydrogen (secondary N) is 1. The van der Waals surface area contributed by atoms with Gasteiger partial charge in [-0.2, -0.15) is 0 Å². The Balaban J connectivity index is 1.44. The Morgan fingerprint density at radius 1 is 1.14 bits per heavy atom. The number of amides is 1. The summed E-state index contributed by atoms with van der Waals surface area (Å²) in [5.41, 5.74) is 4.47. The molecule has 4 rings (SSSR count). The van der Waals surface area contributed by atoms with Crippen LogP contribution in [0.5, 0.6) is 0 Å². The highest BCUT2D eigenvalue weighted by atomic mass is 16.5. The second-order valence-corrected chi connectivity index (χ2v) is 7.02. The highest BCUT2D eigenvalue weighted by molar-refractivity contribution is 5.81. The minimum atomic E-state index is -1.14. The van der Waals surface area contributed by atoms with Gasteiger partial charge in [-0.15, -0.1) is 0 Å². The van der Waals surface area contributed by atoms with Crippen LogP contribution in [0.15, 0.2) is 60.9 Å². The predicted molar refractivity (Wildman–Crippen MR) is 107 cm³/mol. The van der Waals surface area contributed by atoms with Crippen LogP contribution < -0.4 is 5.32 Å². The number of carbonyl (C=O) groups excluding carboxylic acids is 1. The Kier molecular flexibility index (Phi) is 5.03. The Bertz CT molecular complexity index is 1010. The minimum absolute atomic E-state index is 0.0724. The molecule has 1 aliphatic carbocycles. The van der Waals surface area contributed by atoms with E-state index in [0.717, 1.165) is 22.3 Å². The lowest BCUT2D eigenvalue weighted by molar-refractivity contribution is -0.139. The molecule has 7 nitrogen and oxygen atoms in total. The second kappa shape index (κ2) is 7.79. The van der Waals surface area contributed by atoms with E-state index in [1.54, 1.807) is 24.0 Å². The number of benzene rings is 2. The molecule has 0 fully saturated rings. The van der Waals surface area contributed by atoms with E-state index in [4.69, 9.17) is 4.74 Å². The van der Waals surface area contributed by atoms with Gasteiger partial charge in [0.2, 0.25) is 0 Å². The summed E-state index contributed by atoms with van der Waals surface area (Å²) in [5.74, 6) is -0.649. The molecule has 0 spiro atoms. The van der Waals surface area contributed by atoms with E-state index in [-0.39, 0.29) is 18.9 Å². The lowest BCUT2D eigenvalue weighted by Gasteiger charge is -2.17. The third kappa shape index (κ3) is 3.71. The van der Waals surface area contributed by atoms with Crippen molar-refractivity contribution >= 4 is 12.1 Å². The number of rotatable bonds is 6. The molecule has 1 unspecified atom stereocenters. The van der Waals surface area contributed by atoms with Gasteiger partial charge in [-0.1, -0.05) is 48.5 Å². The number of hydrogen-bond donors (Lipinski definition) is 2. The molecule has 148 valence electrons. The van der Waals surface area contributed by atoms with Crippen molar-refractivity contribution in [3.05, 3.63) is 77.9 Å². The van der Waals surface area contributed by atoms with Crippen molar-refractivity contribution in [2.24, 2.45) is 7.05 Å². The molecule has 2 N–H and O–H groups in total. The number of aryl methyl sites for hydroxylation is 1. The molecule has 0 radical (unpaired) electrons. The summed E-state index contributed by atoms with van der Waals surface area (Å²) < 4.78 is 7.15. The van der Waals surface area contributed by atoms with Crippen LogP contribution in [0.4, 0.5) is 4.79 Å². The van der Waals surface area contributed by atoms with Crippen LogP contribution in [-0.4, -0.2) is 39.4 Å². The number of ether oxygens (including phenoxy) is 1.